The number of carbonyl (C=O) groups is 1. The van der Waals surface area contributed by atoms with Crippen LogP contribution in [0.3, 0.4) is 0 Å². The maximum atomic E-state index is 12.2. The number of rotatable bonds is 8. The lowest BCUT2D eigenvalue weighted by Gasteiger charge is -2.20. The molecular formula is C20H25N3O2. The lowest BCUT2D eigenvalue weighted by atomic mass is 10.2. The number of carbonyl (C=O) groups excluding carboxylic acids is 1. The molecule has 0 bridgehead atoms. The number of para-hydroxylation sites is 1. The van der Waals surface area contributed by atoms with Gasteiger partial charge >= 0.3 is 0 Å². The minimum Gasteiger partial charge on any atom is -0.493 e. The smallest absolute Gasteiger partial charge is 0.271 e. The Morgan fingerprint density at radius 1 is 1.08 bits per heavy atom. The predicted octanol–water partition coefficient (Wildman–Crippen LogP) is 3.70. The van der Waals surface area contributed by atoms with E-state index in [0.717, 1.165) is 30.1 Å². The van der Waals surface area contributed by atoms with Crippen molar-refractivity contribution in [3.05, 3.63) is 59.7 Å². The first-order valence-corrected chi connectivity index (χ1v) is 8.59. The van der Waals surface area contributed by atoms with E-state index in [1.165, 1.54) is 0 Å². The Morgan fingerprint density at radius 3 is 2.40 bits per heavy atom. The van der Waals surface area contributed by atoms with E-state index in [1.54, 1.807) is 6.21 Å². The number of nitrogens with one attached hydrogen (secondary N) is 1. The van der Waals surface area contributed by atoms with E-state index in [2.05, 4.69) is 29.3 Å². The molecule has 0 aliphatic rings. The number of ether oxygens (including phenoxy) is 1. The van der Waals surface area contributed by atoms with E-state index in [0.29, 0.717) is 12.2 Å². The van der Waals surface area contributed by atoms with E-state index in [1.807, 2.05) is 55.5 Å². The number of hydrazone groups is 1. The van der Waals surface area contributed by atoms with Gasteiger partial charge in [-0.3, -0.25) is 4.79 Å². The highest BCUT2D eigenvalue weighted by atomic mass is 16.5. The zero-order valence-corrected chi connectivity index (χ0v) is 15.0. The van der Waals surface area contributed by atoms with Crippen molar-refractivity contribution in [2.45, 2.75) is 20.8 Å². The predicted molar refractivity (Wildman–Crippen MR) is 103 cm³/mol. The van der Waals surface area contributed by atoms with Crippen molar-refractivity contribution in [3.8, 4) is 5.75 Å². The van der Waals surface area contributed by atoms with Gasteiger partial charge in [-0.25, -0.2) is 5.43 Å². The number of hydrogen-bond acceptors (Lipinski definition) is 4. The summed E-state index contributed by atoms with van der Waals surface area (Å²) in [6, 6.07) is 15.1. The highest BCUT2D eigenvalue weighted by Crippen LogP contribution is 2.16. The molecule has 0 spiro atoms. The normalized spacial score (nSPS) is 10.7. The van der Waals surface area contributed by atoms with Gasteiger partial charge < -0.3 is 9.64 Å². The van der Waals surface area contributed by atoms with E-state index in [9.17, 15) is 4.79 Å². The summed E-state index contributed by atoms with van der Waals surface area (Å²) in [5, 5.41) is 4.04. The number of benzene rings is 2. The van der Waals surface area contributed by atoms with Gasteiger partial charge in [0.05, 0.1) is 12.8 Å². The zero-order chi connectivity index (χ0) is 18.1. The molecule has 1 amide bonds. The fourth-order valence-corrected chi connectivity index (χ4v) is 2.51. The highest BCUT2D eigenvalue weighted by molar-refractivity contribution is 5.95. The van der Waals surface area contributed by atoms with Crippen LogP contribution >= 0.6 is 0 Å². The lowest BCUT2D eigenvalue weighted by Crippen LogP contribution is -2.22. The van der Waals surface area contributed by atoms with E-state index in [4.69, 9.17) is 4.74 Å². The van der Waals surface area contributed by atoms with Crippen molar-refractivity contribution in [1.82, 2.24) is 5.43 Å². The van der Waals surface area contributed by atoms with Crippen LogP contribution in [-0.2, 0) is 0 Å². The summed E-state index contributed by atoms with van der Waals surface area (Å²) in [5.41, 5.74) is 5.06. The largest absolute Gasteiger partial charge is 0.493 e. The first-order valence-electron chi connectivity index (χ1n) is 8.59. The Labute approximate surface area is 149 Å². The highest BCUT2D eigenvalue weighted by Gasteiger charge is 2.06. The zero-order valence-electron chi connectivity index (χ0n) is 15.0. The molecule has 25 heavy (non-hydrogen) atoms. The molecule has 2 aromatic rings. The summed E-state index contributed by atoms with van der Waals surface area (Å²) in [6.07, 6.45) is 1.59. The second-order valence-electron chi connectivity index (χ2n) is 5.39. The first kappa shape index (κ1) is 18.5. The quantitative estimate of drug-likeness (QED) is 0.589. The van der Waals surface area contributed by atoms with Gasteiger partial charge in [-0.15, -0.1) is 0 Å². The molecule has 0 atom stereocenters. The van der Waals surface area contributed by atoms with Crippen LogP contribution in [0.4, 0.5) is 5.69 Å². The molecule has 0 saturated heterocycles. The van der Waals surface area contributed by atoms with Crippen LogP contribution in [-0.4, -0.2) is 31.8 Å². The van der Waals surface area contributed by atoms with Crippen LogP contribution in [0.15, 0.2) is 53.6 Å². The lowest BCUT2D eigenvalue weighted by molar-refractivity contribution is 0.0955. The Bertz CT molecular complexity index is 707. The molecule has 5 nitrogen and oxygen atoms in total. The van der Waals surface area contributed by atoms with Gasteiger partial charge in [0.2, 0.25) is 0 Å². The summed E-state index contributed by atoms with van der Waals surface area (Å²) < 4.78 is 5.53. The monoisotopic (exact) mass is 339 g/mol. The summed E-state index contributed by atoms with van der Waals surface area (Å²) >= 11 is 0. The molecule has 0 heterocycles. The second-order valence-corrected chi connectivity index (χ2v) is 5.39. The average molecular weight is 339 g/mol. The Hall–Kier alpha value is -2.82. The molecule has 132 valence electrons. The molecule has 0 aliphatic carbocycles. The van der Waals surface area contributed by atoms with Crippen LogP contribution in [0.2, 0.25) is 0 Å². The van der Waals surface area contributed by atoms with E-state index < -0.39 is 0 Å². The van der Waals surface area contributed by atoms with E-state index in [-0.39, 0.29) is 5.91 Å². The minimum atomic E-state index is -0.240. The molecule has 0 unspecified atom stereocenters. The third-order valence-corrected chi connectivity index (χ3v) is 3.85. The third kappa shape index (κ3) is 5.08. The van der Waals surface area contributed by atoms with Crippen molar-refractivity contribution >= 4 is 17.8 Å². The van der Waals surface area contributed by atoms with Gasteiger partial charge in [-0.1, -0.05) is 12.1 Å². The topological polar surface area (TPSA) is 53.9 Å². The molecular weight excluding hydrogens is 314 g/mol. The average Bonchev–Trinajstić information content (AvgIpc) is 2.65. The fraction of sp³-hybridized carbons (Fsp3) is 0.300. The molecule has 0 aromatic heterocycles. The molecule has 0 fully saturated rings. The van der Waals surface area contributed by atoms with Crippen molar-refractivity contribution in [2.75, 3.05) is 24.6 Å². The van der Waals surface area contributed by atoms with Crippen LogP contribution in [0.1, 0.15) is 36.7 Å². The summed E-state index contributed by atoms with van der Waals surface area (Å²) in [4.78, 5) is 14.4. The maximum absolute atomic E-state index is 12.2. The molecule has 2 rings (SSSR count). The second kappa shape index (κ2) is 9.47. The van der Waals surface area contributed by atoms with Crippen molar-refractivity contribution in [1.29, 1.82) is 0 Å². The van der Waals surface area contributed by atoms with Crippen LogP contribution in [0, 0.1) is 0 Å². The van der Waals surface area contributed by atoms with Crippen LogP contribution < -0.4 is 15.1 Å². The summed E-state index contributed by atoms with van der Waals surface area (Å²) in [5.74, 6) is 0.503. The van der Waals surface area contributed by atoms with Crippen molar-refractivity contribution in [2.24, 2.45) is 5.10 Å². The van der Waals surface area contributed by atoms with Crippen LogP contribution in [0.5, 0.6) is 5.75 Å². The molecule has 0 saturated carbocycles. The number of hydrogen-bond donors (Lipinski definition) is 1. The molecule has 5 heteroatoms. The molecule has 0 aliphatic heterocycles. The SMILES string of the molecule is CCOc1ccccc1/C=N\NC(=O)c1ccc(N(CC)CC)cc1. The van der Waals surface area contributed by atoms with Crippen molar-refractivity contribution in [3.63, 3.8) is 0 Å². The third-order valence-electron chi connectivity index (χ3n) is 3.85. The van der Waals surface area contributed by atoms with Gasteiger partial charge in [-0.05, 0) is 57.2 Å². The van der Waals surface area contributed by atoms with Gasteiger partial charge in [0.25, 0.3) is 5.91 Å². The maximum Gasteiger partial charge on any atom is 0.271 e. The van der Waals surface area contributed by atoms with E-state index >= 15 is 0 Å². The van der Waals surface area contributed by atoms with Gasteiger partial charge in [0.15, 0.2) is 0 Å². The fourth-order valence-electron chi connectivity index (χ4n) is 2.51. The van der Waals surface area contributed by atoms with Crippen molar-refractivity contribution < 1.29 is 9.53 Å². The standard InChI is InChI=1S/C20H25N3O2/c1-4-23(5-2)18-13-11-16(12-14-18)20(24)22-21-15-17-9-7-8-10-19(17)25-6-3/h7-15H,4-6H2,1-3H3,(H,22,24)/b21-15-. The summed E-state index contributed by atoms with van der Waals surface area (Å²) in [7, 11) is 0. The molecule has 2 aromatic carbocycles. The van der Waals surface area contributed by atoms with Gasteiger partial charge in [0, 0.05) is 29.9 Å². The molecule has 1 N–H and O–H groups in total. The van der Waals surface area contributed by atoms with Gasteiger partial charge in [0.1, 0.15) is 5.75 Å². The van der Waals surface area contributed by atoms with Crippen LogP contribution in [0.25, 0.3) is 0 Å². The Kier molecular flexibility index (Phi) is 7.01. The Morgan fingerprint density at radius 2 is 1.76 bits per heavy atom. The van der Waals surface area contributed by atoms with Gasteiger partial charge in [-0.2, -0.15) is 5.10 Å². The number of anilines is 1. The Balaban J connectivity index is 2.00. The summed E-state index contributed by atoms with van der Waals surface area (Å²) in [6.45, 7) is 8.60. The number of nitrogens with zero attached hydrogens (tertiary/aromatic N) is 2. The minimum absolute atomic E-state index is 0.240. The molecule has 0 radical (unpaired) electrons. The first-order chi connectivity index (χ1) is 12.2. The number of amides is 1.